The van der Waals surface area contributed by atoms with E-state index in [4.69, 9.17) is 5.10 Å². The summed E-state index contributed by atoms with van der Waals surface area (Å²) in [6.07, 6.45) is 3.97. The lowest BCUT2D eigenvalue weighted by Gasteiger charge is -2.30. The first-order valence-electron chi connectivity index (χ1n) is 9.20. The molecule has 0 bridgehead atoms. The van der Waals surface area contributed by atoms with Crippen molar-refractivity contribution < 1.29 is 0 Å². The fourth-order valence-corrected chi connectivity index (χ4v) is 3.49. The first-order chi connectivity index (χ1) is 12.4. The molecule has 138 valence electrons. The minimum Gasteiger partial charge on any atom is -0.297 e. The highest BCUT2D eigenvalue weighted by Crippen LogP contribution is 2.28. The third kappa shape index (κ3) is 3.21. The smallest absolute Gasteiger partial charge is 0.177 e. The van der Waals surface area contributed by atoms with Gasteiger partial charge in [-0.25, -0.2) is 0 Å². The second-order valence-corrected chi connectivity index (χ2v) is 8.20. The molecule has 26 heavy (non-hydrogen) atoms. The van der Waals surface area contributed by atoms with Crippen LogP contribution in [0.25, 0.3) is 5.65 Å². The number of piperidine rings is 1. The van der Waals surface area contributed by atoms with Crippen molar-refractivity contribution in [3.63, 3.8) is 0 Å². The highest BCUT2D eigenvalue weighted by Gasteiger charge is 2.26. The van der Waals surface area contributed by atoms with E-state index in [0.717, 1.165) is 55.3 Å². The third-order valence-electron chi connectivity index (χ3n) is 5.20. The van der Waals surface area contributed by atoms with Crippen molar-refractivity contribution in [2.24, 2.45) is 7.05 Å². The monoisotopic (exact) mass is 354 g/mol. The maximum absolute atomic E-state index is 4.83. The van der Waals surface area contributed by atoms with Gasteiger partial charge in [0.2, 0.25) is 0 Å². The third-order valence-corrected chi connectivity index (χ3v) is 5.20. The van der Waals surface area contributed by atoms with Gasteiger partial charge < -0.3 is 0 Å². The fraction of sp³-hybridized carbons (Fsp3) is 0.611. The van der Waals surface area contributed by atoms with Crippen molar-refractivity contribution in [2.75, 3.05) is 13.1 Å². The largest absolute Gasteiger partial charge is 0.297 e. The summed E-state index contributed by atoms with van der Waals surface area (Å²) in [4.78, 5) is 2.45. The zero-order valence-corrected chi connectivity index (χ0v) is 15.9. The molecule has 8 heteroatoms. The van der Waals surface area contributed by atoms with Crippen molar-refractivity contribution in [1.82, 2.24) is 39.7 Å². The topological polar surface area (TPSA) is 77.0 Å². The summed E-state index contributed by atoms with van der Waals surface area (Å²) in [6, 6.07) is 4.08. The molecule has 1 fully saturated rings. The quantitative estimate of drug-likeness (QED) is 0.715. The standard InChI is InChI=1S/C18H26N8/c1-18(2,3)15-5-6-16-20-21-17(26(16)22-15)13-7-9-25(10-8-13)12-14-11-19-23-24(14)4/h5-6,11,13H,7-10,12H2,1-4H3. The summed E-state index contributed by atoms with van der Waals surface area (Å²) in [5.41, 5.74) is 3.05. The van der Waals surface area contributed by atoms with Gasteiger partial charge in [0.25, 0.3) is 0 Å². The molecule has 0 N–H and O–H groups in total. The molecule has 4 heterocycles. The Morgan fingerprint density at radius 2 is 1.88 bits per heavy atom. The molecule has 8 nitrogen and oxygen atoms in total. The van der Waals surface area contributed by atoms with Crippen molar-refractivity contribution in [1.29, 1.82) is 0 Å². The van der Waals surface area contributed by atoms with Gasteiger partial charge in [0.1, 0.15) is 0 Å². The van der Waals surface area contributed by atoms with Gasteiger partial charge in [0.05, 0.1) is 17.6 Å². The number of aromatic nitrogens is 7. The summed E-state index contributed by atoms with van der Waals surface area (Å²) < 4.78 is 3.79. The average Bonchev–Trinajstić information content (AvgIpc) is 3.21. The highest BCUT2D eigenvalue weighted by molar-refractivity contribution is 5.37. The number of fused-ring (bicyclic) bond motifs is 1. The van der Waals surface area contributed by atoms with Crippen LogP contribution in [0.5, 0.6) is 0 Å². The molecule has 0 saturated carbocycles. The Kier molecular flexibility index (Phi) is 4.22. The maximum Gasteiger partial charge on any atom is 0.177 e. The lowest BCUT2D eigenvalue weighted by molar-refractivity contribution is 0.196. The minimum atomic E-state index is 0.0102. The van der Waals surface area contributed by atoms with E-state index in [0.29, 0.717) is 5.92 Å². The number of hydrogen-bond acceptors (Lipinski definition) is 6. The SMILES string of the molecule is Cn1nncc1CN1CCC(c2nnc3ccc(C(C)(C)C)nn23)CC1. The van der Waals surface area contributed by atoms with E-state index >= 15 is 0 Å². The summed E-state index contributed by atoms with van der Waals surface area (Å²) >= 11 is 0. The Hall–Kier alpha value is -2.35. The predicted octanol–water partition coefficient (Wildman–Crippen LogP) is 1.93. The van der Waals surface area contributed by atoms with E-state index in [-0.39, 0.29) is 5.41 Å². The van der Waals surface area contributed by atoms with E-state index in [1.165, 1.54) is 0 Å². The number of hydrogen-bond donors (Lipinski definition) is 0. The van der Waals surface area contributed by atoms with Crippen LogP contribution in [0.1, 0.15) is 56.7 Å². The molecule has 3 aromatic heterocycles. The van der Waals surface area contributed by atoms with Crippen LogP contribution >= 0.6 is 0 Å². The molecule has 0 spiro atoms. The van der Waals surface area contributed by atoms with E-state index < -0.39 is 0 Å². The Morgan fingerprint density at radius 1 is 1.12 bits per heavy atom. The summed E-state index contributed by atoms with van der Waals surface area (Å²) in [6.45, 7) is 9.49. The van der Waals surface area contributed by atoms with E-state index in [2.05, 4.69) is 52.2 Å². The second kappa shape index (κ2) is 6.42. The van der Waals surface area contributed by atoms with Crippen LogP contribution in [0.2, 0.25) is 0 Å². The Morgan fingerprint density at radius 3 is 2.54 bits per heavy atom. The van der Waals surface area contributed by atoms with E-state index in [1.807, 2.05) is 28.5 Å². The van der Waals surface area contributed by atoms with Gasteiger partial charge in [0, 0.05) is 24.9 Å². The first kappa shape index (κ1) is 17.1. The molecular weight excluding hydrogens is 328 g/mol. The molecular formula is C18H26N8. The van der Waals surface area contributed by atoms with Crippen LogP contribution in [-0.2, 0) is 19.0 Å². The molecule has 0 radical (unpaired) electrons. The molecule has 0 atom stereocenters. The summed E-state index contributed by atoms with van der Waals surface area (Å²) in [5, 5.41) is 21.6. The first-order valence-corrected chi connectivity index (χ1v) is 9.20. The number of aryl methyl sites for hydroxylation is 1. The van der Waals surface area contributed by atoms with Crippen molar-refractivity contribution in [3.8, 4) is 0 Å². The van der Waals surface area contributed by atoms with E-state index in [1.54, 1.807) is 0 Å². The average molecular weight is 354 g/mol. The van der Waals surface area contributed by atoms with Crippen LogP contribution in [0.4, 0.5) is 0 Å². The maximum atomic E-state index is 4.83. The Labute approximate surface area is 153 Å². The van der Waals surface area contributed by atoms with Crippen molar-refractivity contribution >= 4 is 5.65 Å². The lowest BCUT2D eigenvalue weighted by atomic mass is 9.92. The molecule has 3 aromatic rings. The molecule has 1 aliphatic rings. The van der Waals surface area contributed by atoms with Gasteiger partial charge in [-0.2, -0.15) is 9.61 Å². The summed E-state index contributed by atoms with van der Waals surface area (Å²) in [7, 11) is 1.94. The molecule has 4 rings (SSSR count). The van der Waals surface area contributed by atoms with Crippen molar-refractivity contribution in [3.05, 3.63) is 35.5 Å². The molecule has 1 saturated heterocycles. The zero-order valence-electron chi connectivity index (χ0n) is 15.9. The van der Waals surface area contributed by atoms with Crippen LogP contribution in [0.15, 0.2) is 18.3 Å². The Bertz CT molecular complexity index is 895. The molecule has 0 amide bonds. The minimum absolute atomic E-state index is 0.0102. The van der Waals surface area contributed by atoms with Crippen LogP contribution < -0.4 is 0 Å². The summed E-state index contributed by atoms with van der Waals surface area (Å²) in [5.74, 6) is 1.39. The zero-order chi connectivity index (χ0) is 18.3. The number of nitrogens with zero attached hydrogens (tertiary/aromatic N) is 8. The normalized spacial score (nSPS) is 17.2. The van der Waals surface area contributed by atoms with Gasteiger partial charge in [0.15, 0.2) is 11.5 Å². The molecule has 1 aliphatic heterocycles. The van der Waals surface area contributed by atoms with Crippen molar-refractivity contribution in [2.45, 2.75) is 51.5 Å². The number of rotatable bonds is 3. The fourth-order valence-electron chi connectivity index (χ4n) is 3.49. The predicted molar refractivity (Wildman–Crippen MR) is 97.7 cm³/mol. The molecule has 0 aromatic carbocycles. The highest BCUT2D eigenvalue weighted by atomic mass is 15.4. The molecule has 0 unspecified atom stereocenters. The Balaban J connectivity index is 1.50. The van der Waals surface area contributed by atoms with Crippen LogP contribution in [0.3, 0.4) is 0 Å². The second-order valence-electron chi connectivity index (χ2n) is 8.20. The van der Waals surface area contributed by atoms with Gasteiger partial charge in [-0.15, -0.1) is 15.3 Å². The van der Waals surface area contributed by atoms with Crippen LogP contribution in [0, 0.1) is 0 Å². The van der Waals surface area contributed by atoms with Gasteiger partial charge in [-0.05, 0) is 38.1 Å². The number of likely N-dealkylation sites (tertiary alicyclic amines) is 1. The van der Waals surface area contributed by atoms with Gasteiger partial charge >= 0.3 is 0 Å². The lowest BCUT2D eigenvalue weighted by Crippen LogP contribution is -2.33. The van der Waals surface area contributed by atoms with Crippen LogP contribution in [-0.4, -0.2) is 52.8 Å². The molecule has 0 aliphatic carbocycles. The van der Waals surface area contributed by atoms with Gasteiger partial charge in [-0.1, -0.05) is 26.0 Å². The van der Waals surface area contributed by atoms with E-state index in [9.17, 15) is 0 Å². The van der Waals surface area contributed by atoms with Gasteiger partial charge in [-0.3, -0.25) is 9.58 Å².